The molecule has 0 amide bonds. The van der Waals surface area contributed by atoms with Crippen LogP contribution in [0.1, 0.15) is 23.4 Å². The lowest BCUT2D eigenvalue weighted by molar-refractivity contribution is -0.118. The quantitative estimate of drug-likeness (QED) is 0.834. The average Bonchev–Trinajstić information content (AvgIpc) is 2.65. The van der Waals surface area contributed by atoms with Crippen molar-refractivity contribution in [3.63, 3.8) is 0 Å². The number of aromatic nitrogens is 2. The van der Waals surface area contributed by atoms with Crippen molar-refractivity contribution in [2.45, 2.75) is 26.2 Å². The lowest BCUT2D eigenvalue weighted by atomic mass is 10.0. The lowest BCUT2D eigenvalue weighted by Crippen LogP contribution is -2.08. The minimum absolute atomic E-state index is 0.227. The molecule has 0 bridgehead atoms. The summed E-state index contributed by atoms with van der Waals surface area (Å²) in [6.07, 6.45) is 1.72. The zero-order valence-electron chi connectivity index (χ0n) is 11.4. The van der Waals surface area contributed by atoms with E-state index in [-0.39, 0.29) is 5.78 Å². The van der Waals surface area contributed by atoms with Gasteiger partial charge in [-0.2, -0.15) is 5.10 Å². The van der Waals surface area contributed by atoms with Gasteiger partial charge in [-0.15, -0.1) is 0 Å². The predicted octanol–water partition coefficient (Wildman–Crippen LogP) is 2.06. The van der Waals surface area contributed by atoms with Gasteiger partial charge in [-0.25, -0.2) is 0 Å². The topological polar surface area (TPSA) is 60.9 Å². The fourth-order valence-corrected chi connectivity index (χ4v) is 2.15. The highest BCUT2D eigenvalue weighted by Gasteiger charge is 2.08. The molecule has 2 rings (SSSR count). The van der Waals surface area contributed by atoms with Crippen LogP contribution < -0.4 is 5.73 Å². The molecule has 1 heterocycles. The Morgan fingerprint density at radius 3 is 2.79 bits per heavy atom. The highest BCUT2D eigenvalue weighted by Crippen LogP contribution is 2.10. The molecule has 100 valence electrons. The van der Waals surface area contributed by atoms with Crippen molar-refractivity contribution in [1.82, 2.24) is 9.78 Å². The van der Waals surface area contributed by atoms with Crippen molar-refractivity contribution in [3.05, 3.63) is 47.3 Å². The second-order valence-corrected chi connectivity index (χ2v) is 4.86. The maximum atomic E-state index is 12.0. The number of carbonyl (C=O) groups excluding carboxylic acids is 1. The van der Waals surface area contributed by atoms with Gasteiger partial charge in [0.25, 0.3) is 0 Å². The molecule has 0 spiro atoms. The molecule has 0 aliphatic rings. The van der Waals surface area contributed by atoms with E-state index >= 15 is 0 Å². The molecule has 19 heavy (non-hydrogen) atoms. The minimum atomic E-state index is 0.227. The molecule has 0 saturated carbocycles. The summed E-state index contributed by atoms with van der Waals surface area (Å²) < 4.78 is 1.77. The number of aryl methyl sites for hydroxylation is 3. The van der Waals surface area contributed by atoms with E-state index in [1.54, 1.807) is 4.68 Å². The molecule has 0 unspecified atom stereocenters. The van der Waals surface area contributed by atoms with Crippen molar-refractivity contribution in [3.8, 4) is 0 Å². The van der Waals surface area contributed by atoms with Gasteiger partial charge in [-0.3, -0.25) is 9.48 Å². The number of nitrogens with zero attached hydrogens (tertiary/aromatic N) is 2. The van der Waals surface area contributed by atoms with Crippen LogP contribution in [0.25, 0.3) is 0 Å². The van der Waals surface area contributed by atoms with Gasteiger partial charge in [0.1, 0.15) is 5.78 Å². The zero-order chi connectivity index (χ0) is 13.8. The van der Waals surface area contributed by atoms with Gasteiger partial charge in [-0.05, 0) is 37.1 Å². The first-order valence-corrected chi connectivity index (χ1v) is 6.40. The van der Waals surface area contributed by atoms with E-state index in [0.29, 0.717) is 12.8 Å². The molecule has 2 aromatic rings. The smallest absolute Gasteiger partial charge is 0.139 e. The van der Waals surface area contributed by atoms with E-state index in [0.717, 1.165) is 29.1 Å². The van der Waals surface area contributed by atoms with E-state index in [1.165, 1.54) is 0 Å². The second kappa shape index (κ2) is 5.69. The highest BCUT2D eigenvalue weighted by molar-refractivity contribution is 5.80. The number of ketones is 1. The highest BCUT2D eigenvalue weighted by atomic mass is 16.1. The van der Waals surface area contributed by atoms with E-state index in [2.05, 4.69) is 5.10 Å². The van der Waals surface area contributed by atoms with Crippen molar-refractivity contribution in [1.29, 1.82) is 0 Å². The van der Waals surface area contributed by atoms with E-state index < -0.39 is 0 Å². The SMILES string of the molecule is Cc1cc(CC(=O)CCc2cccc(N)c2)n(C)n1. The number of anilines is 1. The van der Waals surface area contributed by atoms with Gasteiger partial charge < -0.3 is 5.73 Å². The first-order valence-electron chi connectivity index (χ1n) is 6.40. The standard InChI is InChI=1S/C15H19N3O/c1-11-8-14(18(2)17-11)10-15(19)7-6-12-4-3-5-13(16)9-12/h3-5,8-9H,6-7,10,16H2,1-2H3. The largest absolute Gasteiger partial charge is 0.399 e. The fourth-order valence-electron chi connectivity index (χ4n) is 2.15. The van der Waals surface area contributed by atoms with Gasteiger partial charge in [0, 0.05) is 31.3 Å². The van der Waals surface area contributed by atoms with E-state index in [4.69, 9.17) is 5.73 Å². The van der Waals surface area contributed by atoms with Crippen LogP contribution in [0.15, 0.2) is 30.3 Å². The molecular weight excluding hydrogens is 238 g/mol. The monoisotopic (exact) mass is 257 g/mol. The summed E-state index contributed by atoms with van der Waals surface area (Å²) in [6.45, 7) is 1.93. The Morgan fingerprint density at radius 2 is 2.16 bits per heavy atom. The van der Waals surface area contributed by atoms with Crippen LogP contribution in [0.5, 0.6) is 0 Å². The number of rotatable bonds is 5. The maximum Gasteiger partial charge on any atom is 0.139 e. The maximum absolute atomic E-state index is 12.0. The molecule has 4 heteroatoms. The summed E-state index contributed by atoms with van der Waals surface area (Å²) in [6, 6.07) is 9.64. The normalized spacial score (nSPS) is 10.6. The van der Waals surface area contributed by atoms with E-state index in [1.807, 2.05) is 44.3 Å². The Hall–Kier alpha value is -2.10. The number of carbonyl (C=O) groups is 1. The van der Waals surface area contributed by atoms with Crippen LogP contribution in [-0.2, 0) is 24.7 Å². The number of hydrogen-bond donors (Lipinski definition) is 1. The summed E-state index contributed by atoms with van der Waals surface area (Å²) in [7, 11) is 1.87. The minimum Gasteiger partial charge on any atom is -0.399 e. The zero-order valence-corrected chi connectivity index (χ0v) is 11.4. The first kappa shape index (κ1) is 13.3. The Bertz CT molecular complexity index is 587. The lowest BCUT2D eigenvalue weighted by Gasteiger charge is -2.03. The van der Waals surface area contributed by atoms with Gasteiger partial charge in [0.05, 0.1) is 5.69 Å². The summed E-state index contributed by atoms with van der Waals surface area (Å²) in [5.74, 6) is 0.227. The summed E-state index contributed by atoms with van der Waals surface area (Å²) >= 11 is 0. The van der Waals surface area contributed by atoms with Gasteiger partial charge in [0.2, 0.25) is 0 Å². The molecule has 1 aromatic carbocycles. The number of Topliss-reactive ketones (excluding diaryl/α,β-unsaturated/α-hetero) is 1. The fraction of sp³-hybridized carbons (Fsp3) is 0.333. The average molecular weight is 257 g/mol. The predicted molar refractivity (Wildman–Crippen MR) is 75.8 cm³/mol. The van der Waals surface area contributed by atoms with Crippen LogP contribution in [-0.4, -0.2) is 15.6 Å². The molecule has 0 aliphatic carbocycles. The van der Waals surface area contributed by atoms with Crippen LogP contribution in [0.2, 0.25) is 0 Å². The van der Waals surface area contributed by atoms with Crippen LogP contribution >= 0.6 is 0 Å². The molecule has 2 N–H and O–H groups in total. The third-order valence-electron chi connectivity index (χ3n) is 3.12. The third-order valence-corrected chi connectivity index (χ3v) is 3.12. The van der Waals surface area contributed by atoms with Crippen molar-refractivity contribution in [2.24, 2.45) is 7.05 Å². The number of nitrogens with two attached hydrogens (primary N) is 1. The van der Waals surface area contributed by atoms with Crippen molar-refractivity contribution in [2.75, 3.05) is 5.73 Å². The van der Waals surface area contributed by atoms with Crippen molar-refractivity contribution < 1.29 is 4.79 Å². The molecule has 0 radical (unpaired) electrons. The summed E-state index contributed by atoms with van der Waals surface area (Å²) in [5.41, 5.74) is 9.48. The summed E-state index contributed by atoms with van der Waals surface area (Å²) in [4.78, 5) is 12.0. The molecule has 0 saturated heterocycles. The second-order valence-electron chi connectivity index (χ2n) is 4.86. The molecule has 1 aromatic heterocycles. The van der Waals surface area contributed by atoms with Crippen LogP contribution in [0.4, 0.5) is 5.69 Å². The first-order chi connectivity index (χ1) is 9.04. The Labute approximate surface area is 113 Å². The summed E-state index contributed by atoms with van der Waals surface area (Å²) in [5, 5.41) is 4.24. The number of benzene rings is 1. The molecule has 0 atom stereocenters. The van der Waals surface area contributed by atoms with Crippen molar-refractivity contribution >= 4 is 11.5 Å². The van der Waals surface area contributed by atoms with E-state index in [9.17, 15) is 4.79 Å². The van der Waals surface area contributed by atoms with Gasteiger partial charge >= 0.3 is 0 Å². The Morgan fingerprint density at radius 1 is 1.37 bits per heavy atom. The molecular formula is C15H19N3O. The molecule has 0 aliphatic heterocycles. The van der Waals surface area contributed by atoms with Gasteiger partial charge in [-0.1, -0.05) is 12.1 Å². The number of nitrogen functional groups attached to an aromatic ring is 1. The molecule has 0 fully saturated rings. The Balaban J connectivity index is 1.90. The van der Waals surface area contributed by atoms with Gasteiger partial charge in [0.15, 0.2) is 0 Å². The van der Waals surface area contributed by atoms with Crippen LogP contribution in [0.3, 0.4) is 0 Å². The Kier molecular flexibility index (Phi) is 4.00. The molecule has 4 nitrogen and oxygen atoms in total. The third kappa shape index (κ3) is 3.68. The number of hydrogen-bond acceptors (Lipinski definition) is 3. The van der Waals surface area contributed by atoms with Crippen LogP contribution in [0, 0.1) is 6.92 Å².